The molecule has 0 saturated heterocycles. The van der Waals surface area contributed by atoms with Crippen LogP contribution in [0, 0.1) is 18.2 Å². The molecule has 1 aromatic carbocycles. The standard InChI is InChI=1S/C12H10FN3O2/c1-2-3-16-10(11(14)15-12(16)18)7-4-8(13)6-9(17)5-7/h1,4-6,10,17H,3H2,(H2,14,15,18). The second-order valence-electron chi connectivity index (χ2n) is 3.80. The van der Waals surface area contributed by atoms with Crippen LogP contribution in [0.5, 0.6) is 5.75 Å². The number of aliphatic imine (C=N–C) groups is 1. The number of benzene rings is 1. The molecule has 0 radical (unpaired) electrons. The van der Waals surface area contributed by atoms with Crippen LogP contribution in [-0.4, -0.2) is 28.4 Å². The highest BCUT2D eigenvalue weighted by atomic mass is 19.1. The number of urea groups is 1. The molecule has 0 bridgehead atoms. The van der Waals surface area contributed by atoms with E-state index in [-0.39, 0.29) is 18.1 Å². The Hall–Kier alpha value is -2.55. The van der Waals surface area contributed by atoms with Crippen molar-refractivity contribution >= 4 is 11.9 Å². The van der Waals surface area contributed by atoms with Gasteiger partial charge in [-0.25, -0.2) is 9.18 Å². The lowest BCUT2D eigenvalue weighted by Gasteiger charge is -2.22. The van der Waals surface area contributed by atoms with Crippen LogP contribution in [-0.2, 0) is 0 Å². The van der Waals surface area contributed by atoms with Gasteiger partial charge in [-0.2, -0.15) is 4.99 Å². The number of nitrogens with zero attached hydrogens (tertiary/aromatic N) is 2. The molecule has 1 aromatic rings. The number of phenols is 1. The van der Waals surface area contributed by atoms with Gasteiger partial charge < -0.3 is 10.8 Å². The molecule has 1 unspecified atom stereocenters. The van der Waals surface area contributed by atoms with Gasteiger partial charge in [0.1, 0.15) is 23.4 Å². The number of amidine groups is 1. The number of hydrogen-bond acceptors (Lipinski definition) is 3. The number of hydrogen-bond donors (Lipinski definition) is 2. The van der Waals surface area contributed by atoms with Crippen molar-refractivity contribution in [2.45, 2.75) is 6.04 Å². The Morgan fingerprint density at radius 1 is 1.56 bits per heavy atom. The lowest BCUT2D eigenvalue weighted by atomic mass is 10.0. The summed E-state index contributed by atoms with van der Waals surface area (Å²) in [5.41, 5.74) is 5.97. The second-order valence-corrected chi connectivity index (χ2v) is 3.80. The van der Waals surface area contributed by atoms with E-state index in [1.807, 2.05) is 0 Å². The Kier molecular flexibility index (Phi) is 2.90. The SMILES string of the molecule is C#CCN1C(=O)N=C(N)C1c1cc(O)cc(F)c1. The van der Waals surface area contributed by atoms with Gasteiger partial charge in [0, 0.05) is 6.07 Å². The number of phenolic OH excluding ortho intramolecular Hbond substituents is 1. The van der Waals surface area contributed by atoms with Crippen LogP contribution in [0.3, 0.4) is 0 Å². The van der Waals surface area contributed by atoms with Crippen molar-refractivity contribution in [3.05, 3.63) is 29.6 Å². The molecule has 0 saturated carbocycles. The molecule has 0 fully saturated rings. The van der Waals surface area contributed by atoms with Crippen LogP contribution in [0.4, 0.5) is 9.18 Å². The van der Waals surface area contributed by atoms with Gasteiger partial charge in [0.2, 0.25) is 0 Å². The van der Waals surface area contributed by atoms with E-state index >= 15 is 0 Å². The topological polar surface area (TPSA) is 78.9 Å². The zero-order chi connectivity index (χ0) is 13.3. The molecule has 1 aliphatic rings. The van der Waals surface area contributed by atoms with Gasteiger partial charge in [0.15, 0.2) is 0 Å². The maximum atomic E-state index is 13.2. The van der Waals surface area contributed by atoms with Gasteiger partial charge in [-0.3, -0.25) is 4.90 Å². The normalized spacial score (nSPS) is 18.7. The number of halogens is 1. The average Bonchev–Trinajstić information content (AvgIpc) is 2.53. The first-order valence-electron chi connectivity index (χ1n) is 5.10. The Balaban J connectivity index is 2.44. The molecule has 6 heteroatoms. The molecule has 2 amide bonds. The molecule has 1 aliphatic heterocycles. The largest absolute Gasteiger partial charge is 0.508 e. The lowest BCUT2D eigenvalue weighted by Crippen LogP contribution is -2.33. The Morgan fingerprint density at radius 2 is 2.28 bits per heavy atom. The molecular formula is C12H10FN3O2. The van der Waals surface area contributed by atoms with Crippen LogP contribution in [0.25, 0.3) is 0 Å². The van der Waals surface area contributed by atoms with Crippen LogP contribution in [0.15, 0.2) is 23.2 Å². The summed E-state index contributed by atoms with van der Waals surface area (Å²) in [7, 11) is 0. The third kappa shape index (κ3) is 1.98. The zero-order valence-corrected chi connectivity index (χ0v) is 9.30. The molecule has 0 aliphatic carbocycles. The Morgan fingerprint density at radius 3 is 2.89 bits per heavy atom. The van der Waals surface area contributed by atoms with E-state index in [2.05, 4.69) is 10.9 Å². The minimum absolute atomic E-state index is 0.00494. The molecular weight excluding hydrogens is 237 g/mol. The maximum Gasteiger partial charge on any atom is 0.346 e. The van der Waals surface area contributed by atoms with Crippen molar-refractivity contribution in [3.8, 4) is 18.1 Å². The van der Waals surface area contributed by atoms with E-state index in [1.165, 1.54) is 17.0 Å². The van der Waals surface area contributed by atoms with Gasteiger partial charge in [-0.05, 0) is 17.7 Å². The van der Waals surface area contributed by atoms with Crippen LogP contribution in [0.1, 0.15) is 11.6 Å². The number of terminal acetylenes is 1. The van der Waals surface area contributed by atoms with Gasteiger partial charge in [0.25, 0.3) is 0 Å². The molecule has 18 heavy (non-hydrogen) atoms. The van der Waals surface area contributed by atoms with E-state index < -0.39 is 17.9 Å². The maximum absolute atomic E-state index is 13.2. The minimum Gasteiger partial charge on any atom is -0.508 e. The quantitative estimate of drug-likeness (QED) is 0.765. The molecule has 2 rings (SSSR count). The first-order chi connectivity index (χ1) is 8.52. The molecule has 1 heterocycles. The van der Waals surface area contributed by atoms with Crippen molar-refractivity contribution in [1.29, 1.82) is 0 Å². The first kappa shape index (κ1) is 11.9. The van der Waals surface area contributed by atoms with Crippen LogP contribution >= 0.6 is 0 Å². The van der Waals surface area contributed by atoms with E-state index in [0.29, 0.717) is 5.56 Å². The highest BCUT2D eigenvalue weighted by Crippen LogP contribution is 2.29. The fraction of sp³-hybridized carbons (Fsp3) is 0.167. The number of carbonyl (C=O) groups is 1. The van der Waals surface area contributed by atoms with Gasteiger partial charge in [0.05, 0.1) is 6.54 Å². The number of nitrogens with two attached hydrogens (primary N) is 1. The van der Waals surface area contributed by atoms with Gasteiger partial charge in [-0.15, -0.1) is 6.42 Å². The average molecular weight is 247 g/mol. The predicted octanol–water partition coefficient (Wildman–Crippen LogP) is 0.998. The van der Waals surface area contributed by atoms with Crippen molar-refractivity contribution in [3.63, 3.8) is 0 Å². The van der Waals surface area contributed by atoms with Crippen LogP contribution < -0.4 is 5.73 Å². The Bertz CT molecular complexity index is 557. The molecule has 92 valence electrons. The summed E-state index contributed by atoms with van der Waals surface area (Å²) in [6, 6.07) is 2.14. The van der Waals surface area contributed by atoms with E-state index in [9.17, 15) is 14.3 Å². The molecule has 5 nitrogen and oxygen atoms in total. The molecule has 0 spiro atoms. The van der Waals surface area contributed by atoms with Gasteiger partial charge in [-0.1, -0.05) is 5.92 Å². The first-order valence-corrected chi connectivity index (χ1v) is 5.10. The molecule has 3 N–H and O–H groups in total. The summed E-state index contributed by atoms with van der Waals surface area (Å²) in [5.74, 6) is 1.46. The third-order valence-electron chi connectivity index (χ3n) is 2.54. The van der Waals surface area contributed by atoms with E-state index in [1.54, 1.807) is 0 Å². The van der Waals surface area contributed by atoms with Crippen molar-refractivity contribution in [1.82, 2.24) is 4.90 Å². The summed E-state index contributed by atoms with van der Waals surface area (Å²) in [6.07, 6.45) is 5.16. The second kappa shape index (κ2) is 4.37. The van der Waals surface area contributed by atoms with Crippen molar-refractivity contribution < 1.29 is 14.3 Å². The molecule has 1 atom stereocenters. The van der Waals surface area contributed by atoms with E-state index in [0.717, 1.165) is 6.07 Å². The fourth-order valence-electron chi connectivity index (χ4n) is 1.87. The number of carbonyl (C=O) groups excluding carboxylic acids is 1. The van der Waals surface area contributed by atoms with E-state index in [4.69, 9.17) is 12.2 Å². The minimum atomic E-state index is -0.741. The zero-order valence-electron chi connectivity index (χ0n) is 9.30. The van der Waals surface area contributed by atoms with Crippen LogP contribution in [0.2, 0.25) is 0 Å². The highest BCUT2D eigenvalue weighted by molar-refractivity contribution is 6.03. The fourth-order valence-corrected chi connectivity index (χ4v) is 1.87. The highest BCUT2D eigenvalue weighted by Gasteiger charge is 2.34. The molecule has 0 aromatic heterocycles. The number of aromatic hydroxyl groups is 1. The third-order valence-corrected chi connectivity index (χ3v) is 2.54. The summed E-state index contributed by atoms with van der Waals surface area (Å²) >= 11 is 0. The smallest absolute Gasteiger partial charge is 0.346 e. The number of rotatable bonds is 2. The van der Waals surface area contributed by atoms with Gasteiger partial charge >= 0.3 is 6.03 Å². The Labute approximate surface area is 103 Å². The summed E-state index contributed by atoms with van der Waals surface area (Å²) in [5, 5.41) is 9.36. The lowest BCUT2D eigenvalue weighted by molar-refractivity contribution is 0.213. The van der Waals surface area contributed by atoms with Crippen molar-refractivity contribution in [2.24, 2.45) is 10.7 Å². The summed E-state index contributed by atoms with van der Waals surface area (Å²) < 4.78 is 13.2. The van der Waals surface area contributed by atoms with Crippen molar-refractivity contribution in [2.75, 3.05) is 6.54 Å². The monoisotopic (exact) mass is 247 g/mol. The predicted molar refractivity (Wildman–Crippen MR) is 63.4 cm³/mol. The number of amides is 2. The summed E-state index contributed by atoms with van der Waals surface area (Å²) in [6.45, 7) is 0.00494. The summed E-state index contributed by atoms with van der Waals surface area (Å²) in [4.78, 5) is 16.3.